The number of allylic oxidation sites excluding steroid dienone is 3. The highest BCUT2D eigenvalue weighted by atomic mass is 79.9. The summed E-state index contributed by atoms with van der Waals surface area (Å²) in [4.78, 5) is 0. The van der Waals surface area contributed by atoms with Crippen molar-refractivity contribution in [3.63, 3.8) is 0 Å². The summed E-state index contributed by atoms with van der Waals surface area (Å²) in [5.41, 5.74) is 6.80. The summed E-state index contributed by atoms with van der Waals surface area (Å²) in [6, 6.07) is 0. The van der Waals surface area contributed by atoms with Crippen LogP contribution in [0.3, 0.4) is 0 Å². The second-order valence-corrected chi connectivity index (χ2v) is 3.25. The summed E-state index contributed by atoms with van der Waals surface area (Å²) in [6.07, 6.45) is 7.80. The maximum atomic E-state index is 5.43. The monoisotopic (exact) mass is 201 g/mol. The molecular formula is C8H12BrN. The molecule has 1 aliphatic rings. The Morgan fingerprint density at radius 2 is 2.10 bits per heavy atom. The molecule has 0 aromatic rings. The Morgan fingerprint density at radius 3 is 2.70 bits per heavy atom. The molecule has 0 unspecified atom stereocenters. The molecule has 0 aromatic heterocycles. The normalized spacial score (nSPS) is 18.2. The summed E-state index contributed by atoms with van der Waals surface area (Å²) in [5, 5.41) is 0. The zero-order valence-corrected chi connectivity index (χ0v) is 7.52. The number of rotatable bonds is 2. The van der Waals surface area contributed by atoms with Gasteiger partial charge in [0.2, 0.25) is 0 Å². The van der Waals surface area contributed by atoms with Gasteiger partial charge in [0.15, 0.2) is 0 Å². The van der Waals surface area contributed by atoms with E-state index in [1.165, 1.54) is 16.5 Å². The van der Waals surface area contributed by atoms with Crippen molar-refractivity contribution in [2.75, 3.05) is 6.54 Å². The number of halogens is 1. The molecule has 0 saturated carbocycles. The Balaban J connectivity index is 2.56. The number of nitrogens with two attached hydrogens (primary N) is 1. The average Bonchev–Trinajstić information content (AvgIpc) is 1.94. The standard InChI is InChI=1S/C8H12BrN/c9-8-4-2-1-3-7(8)5-6-10/h3-4H,1-2,5-6,10H2. The van der Waals surface area contributed by atoms with E-state index in [2.05, 4.69) is 28.1 Å². The lowest BCUT2D eigenvalue weighted by Gasteiger charge is -2.09. The summed E-state index contributed by atoms with van der Waals surface area (Å²) in [6.45, 7) is 0.745. The smallest absolute Gasteiger partial charge is 0.0164 e. The van der Waals surface area contributed by atoms with Crippen molar-refractivity contribution in [3.05, 3.63) is 22.2 Å². The molecular weight excluding hydrogens is 190 g/mol. The van der Waals surface area contributed by atoms with Crippen molar-refractivity contribution < 1.29 is 0 Å². The molecule has 0 amide bonds. The molecule has 0 heterocycles. The van der Waals surface area contributed by atoms with Crippen LogP contribution in [0.5, 0.6) is 0 Å². The maximum absolute atomic E-state index is 5.43. The van der Waals surface area contributed by atoms with Crippen LogP contribution in [-0.4, -0.2) is 6.54 Å². The minimum atomic E-state index is 0.745. The first-order valence-corrected chi connectivity index (χ1v) is 4.39. The molecule has 1 aliphatic carbocycles. The summed E-state index contributed by atoms with van der Waals surface area (Å²) < 4.78 is 1.24. The van der Waals surface area contributed by atoms with E-state index < -0.39 is 0 Å². The van der Waals surface area contributed by atoms with E-state index in [1.807, 2.05) is 0 Å². The van der Waals surface area contributed by atoms with E-state index in [4.69, 9.17) is 5.73 Å². The Hall–Kier alpha value is -0.0800. The molecule has 0 aromatic carbocycles. The van der Waals surface area contributed by atoms with Gasteiger partial charge in [0.1, 0.15) is 0 Å². The predicted octanol–water partition coefficient (Wildman–Crippen LogP) is 2.33. The molecule has 0 atom stereocenters. The second kappa shape index (κ2) is 3.94. The van der Waals surface area contributed by atoms with Gasteiger partial charge in [0, 0.05) is 4.48 Å². The SMILES string of the molecule is NCCC1=CCCC=C1Br. The lowest BCUT2D eigenvalue weighted by atomic mass is 10.0. The molecule has 0 radical (unpaired) electrons. The Morgan fingerprint density at radius 1 is 1.40 bits per heavy atom. The van der Waals surface area contributed by atoms with Crippen LogP contribution in [0.15, 0.2) is 22.2 Å². The fourth-order valence-electron chi connectivity index (χ4n) is 1.07. The van der Waals surface area contributed by atoms with Gasteiger partial charge in [-0.25, -0.2) is 0 Å². The molecule has 56 valence electrons. The topological polar surface area (TPSA) is 26.0 Å². The summed E-state index contributed by atoms with van der Waals surface area (Å²) in [7, 11) is 0. The molecule has 0 spiro atoms. The van der Waals surface area contributed by atoms with E-state index in [0.29, 0.717) is 0 Å². The van der Waals surface area contributed by atoms with Crippen LogP contribution in [0.25, 0.3) is 0 Å². The summed E-state index contributed by atoms with van der Waals surface area (Å²) >= 11 is 3.49. The average molecular weight is 202 g/mol. The van der Waals surface area contributed by atoms with E-state index in [9.17, 15) is 0 Å². The maximum Gasteiger partial charge on any atom is 0.0164 e. The van der Waals surface area contributed by atoms with Gasteiger partial charge < -0.3 is 5.73 Å². The minimum absolute atomic E-state index is 0.745. The number of hydrogen-bond acceptors (Lipinski definition) is 1. The van der Waals surface area contributed by atoms with E-state index in [1.54, 1.807) is 0 Å². The van der Waals surface area contributed by atoms with Gasteiger partial charge in [0.25, 0.3) is 0 Å². The number of hydrogen-bond donors (Lipinski definition) is 1. The van der Waals surface area contributed by atoms with Crippen LogP contribution in [0, 0.1) is 0 Å². The first kappa shape index (κ1) is 8.02. The van der Waals surface area contributed by atoms with Crippen LogP contribution in [0.2, 0.25) is 0 Å². The first-order valence-electron chi connectivity index (χ1n) is 3.59. The van der Waals surface area contributed by atoms with Crippen LogP contribution in [0.1, 0.15) is 19.3 Å². The Kier molecular flexibility index (Phi) is 3.16. The van der Waals surface area contributed by atoms with Gasteiger partial charge in [-0.2, -0.15) is 0 Å². The van der Waals surface area contributed by atoms with E-state index in [-0.39, 0.29) is 0 Å². The van der Waals surface area contributed by atoms with Crippen molar-refractivity contribution in [1.29, 1.82) is 0 Å². The zero-order valence-electron chi connectivity index (χ0n) is 5.94. The quantitative estimate of drug-likeness (QED) is 0.730. The fraction of sp³-hybridized carbons (Fsp3) is 0.500. The van der Waals surface area contributed by atoms with Crippen LogP contribution < -0.4 is 5.73 Å². The molecule has 2 heteroatoms. The third kappa shape index (κ3) is 1.96. The minimum Gasteiger partial charge on any atom is -0.330 e. The molecule has 2 N–H and O–H groups in total. The lowest BCUT2D eigenvalue weighted by Crippen LogP contribution is -2.01. The highest BCUT2D eigenvalue weighted by molar-refractivity contribution is 9.12. The van der Waals surface area contributed by atoms with Crippen molar-refractivity contribution >= 4 is 15.9 Å². The van der Waals surface area contributed by atoms with Crippen molar-refractivity contribution in [2.45, 2.75) is 19.3 Å². The van der Waals surface area contributed by atoms with E-state index in [0.717, 1.165) is 19.4 Å². The van der Waals surface area contributed by atoms with Crippen LogP contribution in [0.4, 0.5) is 0 Å². The molecule has 0 saturated heterocycles. The third-order valence-corrected chi connectivity index (χ3v) is 2.43. The van der Waals surface area contributed by atoms with Crippen molar-refractivity contribution in [1.82, 2.24) is 0 Å². The third-order valence-electron chi connectivity index (χ3n) is 1.60. The molecule has 0 fully saturated rings. The fourth-order valence-corrected chi connectivity index (χ4v) is 1.66. The molecule has 0 bridgehead atoms. The summed E-state index contributed by atoms with van der Waals surface area (Å²) in [5.74, 6) is 0. The van der Waals surface area contributed by atoms with Gasteiger partial charge in [-0.05, 0) is 31.4 Å². The van der Waals surface area contributed by atoms with Crippen molar-refractivity contribution in [2.24, 2.45) is 5.73 Å². The predicted molar refractivity (Wildman–Crippen MR) is 48.0 cm³/mol. The van der Waals surface area contributed by atoms with Gasteiger partial charge in [-0.15, -0.1) is 0 Å². The highest BCUT2D eigenvalue weighted by Gasteiger charge is 2.03. The Bertz CT molecular complexity index is 170. The Labute approximate surface area is 70.1 Å². The molecule has 0 aliphatic heterocycles. The largest absolute Gasteiger partial charge is 0.330 e. The molecule has 10 heavy (non-hydrogen) atoms. The van der Waals surface area contributed by atoms with E-state index >= 15 is 0 Å². The molecule has 1 nitrogen and oxygen atoms in total. The van der Waals surface area contributed by atoms with Crippen LogP contribution >= 0.6 is 15.9 Å². The van der Waals surface area contributed by atoms with Gasteiger partial charge in [0.05, 0.1) is 0 Å². The zero-order chi connectivity index (χ0) is 7.40. The van der Waals surface area contributed by atoms with Crippen molar-refractivity contribution in [3.8, 4) is 0 Å². The second-order valence-electron chi connectivity index (χ2n) is 2.40. The highest BCUT2D eigenvalue weighted by Crippen LogP contribution is 2.25. The van der Waals surface area contributed by atoms with Gasteiger partial charge >= 0.3 is 0 Å². The van der Waals surface area contributed by atoms with Gasteiger partial charge in [-0.3, -0.25) is 0 Å². The molecule has 1 rings (SSSR count). The van der Waals surface area contributed by atoms with Gasteiger partial charge in [-0.1, -0.05) is 28.1 Å². The lowest BCUT2D eigenvalue weighted by molar-refractivity contribution is 0.924. The van der Waals surface area contributed by atoms with Crippen LogP contribution in [-0.2, 0) is 0 Å². The first-order chi connectivity index (χ1) is 4.84.